The van der Waals surface area contributed by atoms with Gasteiger partial charge in [-0.3, -0.25) is 0 Å². The van der Waals surface area contributed by atoms with E-state index in [1.165, 1.54) is 11.5 Å². The van der Waals surface area contributed by atoms with Crippen molar-refractivity contribution in [2.75, 3.05) is 18.1 Å². The van der Waals surface area contributed by atoms with E-state index in [1.807, 2.05) is 11.8 Å². The van der Waals surface area contributed by atoms with Gasteiger partial charge in [-0.05, 0) is 0 Å². The molecule has 0 radical (unpaired) electrons. The van der Waals surface area contributed by atoms with Crippen LogP contribution in [0.15, 0.2) is 0 Å². The predicted octanol–water partition coefficient (Wildman–Crippen LogP) is 0.325. The molecule has 0 aromatic rings. The molecule has 44 valence electrons. The molecule has 0 atom stereocenters. The standard InChI is InChI=1S/C6H9NS/c1-2-3-7-6-4-8-5-6/h1,6-7H,3-5H2. The second-order valence-corrected chi connectivity index (χ2v) is 2.89. The summed E-state index contributed by atoms with van der Waals surface area (Å²) < 4.78 is 0. The third kappa shape index (κ3) is 1.43. The summed E-state index contributed by atoms with van der Waals surface area (Å²) in [5.74, 6) is 5.02. The number of terminal acetylenes is 1. The van der Waals surface area contributed by atoms with Crippen molar-refractivity contribution in [1.29, 1.82) is 0 Å². The molecular formula is C6H9NS. The third-order valence-electron chi connectivity index (χ3n) is 1.13. The van der Waals surface area contributed by atoms with Gasteiger partial charge >= 0.3 is 0 Å². The number of hydrogen-bond acceptors (Lipinski definition) is 2. The molecule has 0 aliphatic carbocycles. The Morgan fingerprint density at radius 3 is 2.88 bits per heavy atom. The Morgan fingerprint density at radius 2 is 2.50 bits per heavy atom. The van der Waals surface area contributed by atoms with Crippen LogP contribution in [0.25, 0.3) is 0 Å². The second-order valence-electron chi connectivity index (χ2n) is 1.82. The van der Waals surface area contributed by atoms with E-state index in [-0.39, 0.29) is 0 Å². The minimum absolute atomic E-state index is 0.705. The normalized spacial score (nSPS) is 19.4. The van der Waals surface area contributed by atoms with Gasteiger partial charge in [0.15, 0.2) is 0 Å². The van der Waals surface area contributed by atoms with Crippen LogP contribution in [0.5, 0.6) is 0 Å². The Balaban J connectivity index is 1.95. The Kier molecular flexibility index (Phi) is 2.26. The van der Waals surface area contributed by atoms with Crippen molar-refractivity contribution in [2.45, 2.75) is 6.04 Å². The summed E-state index contributed by atoms with van der Waals surface area (Å²) in [7, 11) is 0. The Morgan fingerprint density at radius 1 is 1.75 bits per heavy atom. The Bertz CT molecular complexity index is 102. The molecule has 0 saturated carbocycles. The zero-order valence-electron chi connectivity index (χ0n) is 4.68. The van der Waals surface area contributed by atoms with Gasteiger partial charge in [0, 0.05) is 17.5 Å². The van der Waals surface area contributed by atoms with Gasteiger partial charge < -0.3 is 5.32 Å². The zero-order valence-corrected chi connectivity index (χ0v) is 5.50. The first kappa shape index (κ1) is 6.00. The molecule has 1 aliphatic rings. The molecule has 0 bridgehead atoms. The van der Waals surface area contributed by atoms with Crippen LogP contribution in [0.4, 0.5) is 0 Å². The largest absolute Gasteiger partial charge is 0.302 e. The summed E-state index contributed by atoms with van der Waals surface area (Å²) in [5, 5.41) is 3.21. The molecule has 1 rings (SSSR count). The van der Waals surface area contributed by atoms with Crippen molar-refractivity contribution in [2.24, 2.45) is 0 Å². The number of hydrogen-bond donors (Lipinski definition) is 1. The average molecular weight is 127 g/mol. The van der Waals surface area contributed by atoms with Crippen LogP contribution in [0, 0.1) is 12.3 Å². The second kappa shape index (κ2) is 3.01. The first-order valence-electron chi connectivity index (χ1n) is 2.68. The van der Waals surface area contributed by atoms with Crippen LogP contribution in [0.1, 0.15) is 0 Å². The van der Waals surface area contributed by atoms with Gasteiger partial charge in [-0.2, -0.15) is 11.8 Å². The predicted molar refractivity (Wildman–Crippen MR) is 37.9 cm³/mol. The quantitative estimate of drug-likeness (QED) is 0.536. The maximum atomic E-state index is 5.04. The lowest BCUT2D eigenvalue weighted by molar-refractivity contribution is 0.631. The van der Waals surface area contributed by atoms with Crippen LogP contribution in [0.3, 0.4) is 0 Å². The molecule has 1 saturated heterocycles. The molecule has 1 fully saturated rings. The van der Waals surface area contributed by atoms with Gasteiger partial charge in [0.1, 0.15) is 0 Å². The van der Waals surface area contributed by atoms with Crippen LogP contribution < -0.4 is 5.32 Å². The number of thioether (sulfide) groups is 1. The van der Waals surface area contributed by atoms with Crippen molar-refractivity contribution in [3.63, 3.8) is 0 Å². The van der Waals surface area contributed by atoms with Gasteiger partial charge in [-0.15, -0.1) is 6.42 Å². The molecule has 1 heterocycles. The highest BCUT2D eigenvalue weighted by molar-refractivity contribution is 8.00. The Labute approximate surface area is 54.2 Å². The first-order valence-corrected chi connectivity index (χ1v) is 3.83. The van der Waals surface area contributed by atoms with Crippen LogP contribution in [-0.4, -0.2) is 24.1 Å². The maximum absolute atomic E-state index is 5.04. The number of nitrogens with one attached hydrogen (secondary N) is 1. The average Bonchev–Trinajstić information content (AvgIpc) is 1.63. The number of rotatable bonds is 2. The summed E-state index contributed by atoms with van der Waals surface area (Å²) in [6.07, 6.45) is 5.04. The highest BCUT2D eigenvalue weighted by Crippen LogP contribution is 2.16. The van der Waals surface area contributed by atoms with Gasteiger partial charge in [-0.25, -0.2) is 0 Å². The van der Waals surface area contributed by atoms with Crippen LogP contribution in [-0.2, 0) is 0 Å². The molecule has 2 heteroatoms. The lowest BCUT2D eigenvalue weighted by Gasteiger charge is -2.24. The van der Waals surface area contributed by atoms with Crippen molar-refractivity contribution < 1.29 is 0 Å². The molecule has 0 aromatic carbocycles. The van der Waals surface area contributed by atoms with E-state index < -0.39 is 0 Å². The van der Waals surface area contributed by atoms with Crippen LogP contribution in [0.2, 0.25) is 0 Å². The van der Waals surface area contributed by atoms with Gasteiger partial charge in [0.2, 0.25) is 0 Å². The molecule has 1 nitrogen and oxygen atoms in total. The fraction of sp³-hybridized carbons (Fsp3) is 0.667. The molecule has 1 N–H and O–H groups in total. The zero-order chi connectivity index (χ0) is 5.82. The van der Waals surface area contributed by atoms with E-state index in [0.717, 1.165) is 6.54 Å². The Hall–Kier alpha value is -0.130. The highest BCUT2D eigenvalue weighted by atomic mass is 32.2. The van der Waals surface area contributed by atoms with E-state index in [9.17, 15) is 0 Å². The molecule has 1 aliphatic heterocycles. The smallest absolute Gasteiger partial charge is 0.0576 e. The molecule has 8 heavy (non-hydrogen) atoms. The summed E-state index contributed by atoms with van der Waals surface area (Å²) in [4.78, 5) is 0. The third-order valence-corrected chi connectivity index (χ3v) is 2.41. The van der Waals surface area contributed by atoms with Gasteiger partial charge in [-0.1, -0.05) is 5.92 Å². The molecule has 0 amide bonds. The molecule has 0 unspecified atom stereocenters. The van der Waals surface area contributed by atoms with E-state index in [4.69, 9.17) is 6.42 Å². The molecular weight excluding hydrogens is 118 g/mol. The fourth-order valence-electron chi connectivity index (χ4n) is 0.557. The minimum Gasteiger partial charge on any atom is -0.302 e. The van der Waals surface area contributed by atoms with E-state index in [0.29, 0.717) is 6.04 Å². The van der Waals surface area contributed by atoms with E-state index in [2.05, 4.69) is 11.2 Å². The van der Waals surface area contributed by atoms with Crippen molar-refractivity contribution >= 4 is 11.8 Å². The van der Waals surface area contributed by atoms with Crippen molar-refractivity contribution in [3.8, 4) is 12.3 Å². The maximum Gasteiger partial charge on any atom is 0.0576 e. The van der Waals surface area contributed by atoms with E-state index in [1.54, 1.807) is 0 Å². The van der Waals surface area contributed by atoms with Crippen molar-refractivity contribution in [1.82, 2.24) is 5.32 Å². The fourth-order valence-corrected chi connectivity index (χ4v) is 1.26. The monoisotopic (exact) mass is 127 g/mol. The van der Waals surface area contributed by atoms with Gasteiger partial charge in [0.05, 0.1) is 6.54 Å². The molecule has 0 aromatic heterocycles. The lowest BCUT2D eigenvalue weighted by atomic mass is 10.4. The first-order chi connectivity index (χ1) is 3.93. The SMILES string of the molecule is C#CCNC1CSC1. The molecule has 0 spiro atoms. The summed E-state index contributed by atoms with van der Waals surface area (Å²) >= 11 is 1.96. The topological polar surface area (TPSA) is 12.0 Å². The van der Waals surface area contributed by atoms with E-state index >= 15 is 0 Å². The van der Waals surface area contributed by atoms with Crippen LogP contribution >= 0.6 is 11.8 Å². The lowest BCUT2D eigenvalue weighted by Crippen LogP contribution is -2.40. The summed E-state index contributed by atoms with van der Waals surface area (Å²) in [6, 6.07) is 0.705. The summed E-state index contributed by atoms with van der Waals surface area (Å²) in [5.41, 5.74) is 0. The minimum atomic E-state index is 0.705. The highest BCUT2D eigenvalue weighted by Gasteiger charge is 2.15. The van der Waals surface area contributed by atoms with Gasteiger partial charge in [0.25, 0.3) is 0 Å². The van der Waals surface area contributed by atoms with Crippen molar-refractivity contribution in [3.05, 3.63) is 0 Å². The summed E-state index contributed by atoms with van der Waals surface area (Å²) in [6.45, 7) is 0.727.